The first-order valence-electron chi connectivity index (χ1n) is 9.04. The van der Waals surface area contributed by atoms with Gasteiger partial charge < -0.3 is 5.32 Å². The number of aryl methyl sites for hydroxylation is 3. The van der Waals surface area contributed by atoms with E-state index in [-0.39, 0.29) is 25.0 Å². The first-order valence-corrected chi connectivity index (χ1v) is 11.3. The van der Waals surface area contributed by atoms with Crippen LogP contribution in [0.3, 0.4) is 0 Å². The number of amides is 1. The monoisotopic (exact) mass is 422 g/mol. The molecule has 0 radical (unpaired) electrons. The second-order valence-electron chi connectivity index (χ2n) is 7.24. The Kier molecular flexibility index (Phi) is 7.26. The minimum Gasteiger partial charge on any atom is -0.348 e. The summed E-state index contributed by atoms with van der Waals surface area (Å²) in [6.45, 7) is 7.86. The Morgan fingerprint density at radius 3 is 2.21 bits per heavy atom. The highest BCUT2D eigenvalue weighted by Crippen LogP contribution is 2.22. The maximum Gasteiger partial charge on any atom is 0.235 e. The van der Waals surface area contributed by atoms with Crippen LogP contribution in [0.5, 0.6) is 0 Å². The number of benzene rings is 2. The molecule has 0 aliphatic heterocycles. The van der Waals surface area contributed by atoms with Crippen LogP contribution in [0.4, 0.5) is 0 Å². The molecule has 0 bridgehead atoms. The van der Waals surface area contributed by atoms with Crippen molar-refractivity contribution in [3.8, 4) is 0 Å². The van der Waals surface area contributed by atoms with Gasteiger partial charge in [-0.05, 0) is 67.6 Å². The van der Waals surface area contributed by atoms with Crippen LogP contribution in [0.2, 0.25) is 5.02 Å². The van der Waals surface area contributed by atoms with Gasteiger partial charge in [-0.2, -0.15) is 4.31 Å². The van der Waals surface area contributed by atoms with Gasteiger partial charge in [0.15, 0.2) is 0 Å². The van der Waals surface area contributed by atoms with Crippen molar-refractivity contribution in [2.45, 2.75) is 40.3 Å². The van der Waals surface area contributed by atoms with E-state index in [2.05, 4.69) is 24.4 Å². The fourth-order valence-electron chi connectivity index (χ4n) is 3.06. The molecule has 0 spiro atoms. The molecular weight excluding hydrogens is 396 g/mol. The van der Waals surface area contributed by atoms with Crippen LogP contribution in [0.1, 0.15) is 40.8 Å². The molecule has 2 aromatic rings. The van der Waals surface area contributed by atoms with E-state index in [0.29, 0.717) is 5.02 Å². The molecule has 5 nitrogen and oxygen atoms in total. The Balaban J connectivity index is 2.11. The van der Waals surface area contributed by atoms with Gasteiger partial charge in [-0.25, -0.2) is 8.42 Å². The highest BCUT2D eigenvalue weighted by atomic mass is 35.5. The van der Waals surface area contributed by atoms with E-state index in [4.69, 9.17) is 11.6 Å². The first-order chi connectivity index (χ1) is 13.0. The number of nitrogens with zero attached hydrogens (tertiary/aromatic N) is 1. The van der Waals surface area contributed by atoms with Crippen LogP contribution in [0.25, 0.3) is 0 Å². The quantitative estimate of drug-likeness (QED) is 0.735. The first kappa shape index (κ1) is 22.4. The van der Waals surface area contributed by atoms with Gasteiger partial charge in [-0.1, -0.05) is 35.9 Å². The lowest BCUT2D eigenvalue weighted by atomic mass is 9.96. The molecule has 0 aromatic heterocycles. The Morgan fingerprint density at radius 2 is 1.64 bits per heavy atom. The van der Waals surface area contributed by atoms with Gasteiger partial charge in [-0.3, -0.25) is 4.79 Å². The largest absolute Gasteiger partial charge is 0.348 e. The lowest BCUT2D eigenvalue weighted by Gasteiger charge is -2.22. The van der Waals surface area contributed by atoms with Crippen LogP contribution < -0.4 is 5.32 Å². The predicted molar refractivity (Wildman–Crippen MR) is 114 cm³/mol. The fourth-order valence-corrected chi connectivity index (χ4v) is 3.92. The Morgan fingerprint density at radius 1 is 1.07 bits per heavy atom. The number of hydrogen-bond acceptors (Lipinski definition) is 3. The molecule has 1 amide bonds. The van der Waals surface area contributed by atoms with E-state index in [1.54, 1.807) is 24.3 Å². The third-order valence-corrected chi connectivity index (χ3v) is 6.24. The van der Waals surface area contributed by atoms with Crippen molar-refractivity contribution in [3.05, 3.63) is 69.2 Å². The number of hydrogen-bond donors (Lipinski definition) is 1. The van der Waals surface area contributed by atoms with Crippen molar-refractivity contribution in [3.63, 3.8) is 0 Å². The van der Waals surface area contributed by atoms with Crippen molar-refractivity contribution in [2.24, 2.45) is 0 Å². The number of nitrogens with one attached hydrogen (secondary N) is 1. The third-order valence-electron chi connectivity index (χ3n) is 4.79. The van der Waals surface area contributed by atoms with E-state index >= 15 is 0 Å². The number of sulfonamides is 1. The highest BCUT2D eigenvalue weighted by molar-refractivity contribution is 7.88. The van der Waals surface area contributed by atoms with E-state index in [9.17, 15) is 13.2 Å². The van der Waals surface area contributed by atoms with Gasteiger partial charge in [-0.15, -0.1) is 0 Å². The van der Waals surface area contributed by atoms with Gasteiger partial charge >= 0.3 is 0 Å². The second kappa shape index (κ2) is 9.07. The minimum absolute atomic E-state index is 0.112. The van der Waals surface area contributed by atoms with Gasteiger partial charge in [0.1, 0.15) is 0 Å². The van der Waals surface area contributed by atoms with Gasteiger partial charge in [0, 0.05) is 11.6 Å². The maximum absolute atomic E-state index is 12.6. The number of carbonyl (C=O) groups excluding carboxylic acids is 1. The standard InChI is InChI=1S/C21H27ClN2O3S/c1-14-10-16(3)20(11-15(14)2)17(4)23-21(25)13-24(28(5,26)27)12-18-6-8-19(22)9-7-18/h6-11,17H,12-13H2,1-5H3,(H,23,25)/t17-/m0/s1. The second-order valence-corrected chi connectivity index (χ2v) is 9.66. The van der Waals surface area contributed by atoms with Crippen molar-refractivity contribution < 1.29 is 13.2 Å². The highest BCUT2D eigenvalue weighted by Gasteiger charge is 2.22. The Hall–Kier alpha value is -1.89. The number of carbonyl (C=O) groups is 1. The van der Waals surface area contributed by atoms with E-state index in [0.717, 1.165) is 32.8 Å². The zero-order valence-corrected chi connectivity index (χ0v) is 18.5. The molecule has 1 N–H and O–H groups in total. The summed E-state index contributed by atoms with van der Waals surface area (Å²) in [7, 11) is -3.55. The van der Waals surface area contributed by atoms with Crippen LogP contribution in [0.15, 0.2) is 36.4 Å². The van der Waals surface area contributed by atoms with Crippen molar-refractivity contribution >= 4 is 27.5 Å². The summed E-state index contributed by atoms with van der Waals surface area (Å²) < 4.78 is 25.5. The molecule has 7 heteroatoms. The van der Waals surface area contributed by atoms with Crippen molar-refractivity contribution in [1.29, 1.82) is 0 Å². The normalized spacial score (nSPS) is 12.8. The van der Waals surface area contributed by atoms with Gasteiger partial charge in [0.2, 0.25) is 15.9 Å². The molecular formula is C21H27ClN2O3S. The molecule has 1 atom stereocenters. The van der Waals surface area contributed by atoms with Gasteiger partial charge in [0.05, 0.1) is 18.8 Å². The lowest BCUT2D eigenvalue weighted by molar-refractivity contribution is -0.122. The molecule has 28 heavy (non-hydrogen) atoms. The van der Waals surface area contributed by atoms with Crippen molar-refractivity contribution in [2.75, 3.05) is 12.8 Å². The lowest BCUT2D eigenvalue weighted by Crippen LogP contribution is -2.40. The molecule has 0 saturated carbocycles. The van der Waals surface area contributed by atoms with Crippen LogP contribution in [-0.4, -0.2) is 31.4 Å². The zero-order chi connectivity index (χ0) is 21.1. The molecule has 0 heterocycles. The topological polar surface area (TPSA) is 66.5 Å². The number of rotatable bonds is 7. The summed E-state index contributed by atoms with van der Waals surface area (Å²) in [6, 6.07) is 10.8. The maximum atomic E-state index is 12.6. The summed E-state index contributed by atoms with van der Waals surface area (Å²) in [5.74, 6) is -0.343. The van der Waals surface area contributed by atoms with Crippen molar-refractivity contribution in [1.82, 2.24) is 9.62 Å². The van der Waals surface area contributed by atoms with E-state index < -0.39 is 10.0 Å². The fraction of sp³-hybridized carbons (Fsp3) is 0.381. The number of halogens is 1. The molecule has 2 aromatic carbocycles. The summed E-state index contributed by atoms with van der Waals surface area (Å²) in [4.78, 5) is 12.6. The molecule has 0 aliphatic rings. The smallest absolute Gasteiger partial charge is 0.235 e. The van der Waals surface area contributed by atoms with Crippen LogP contribution >= 0.6 is 11.6 Å². The van der Waals surface area contributed by atoms with Crippen LogP contribution in [-0.2, 0) is 21.4 Å². The molecule has 0 saturated heterocycles. The Bertz CT molecular complexity index is 956. The van der Waals surface area contributed by atoms with Crippen LogP contribution in [0, 0.1) is 20.8 Å². The Labute approximate surface area is 172 Å². The molecule has 0 aliphatic carbocycles. The van der Waals surface area contributed by atoms with E-state index in [1.807, 2.05) is 20.8 Å². The van der Waals surface area contributed by atoms with E-state index in [1.165, 1.54) is 5.56 Å². The molecule has 2 rings (SSSR count). The summed E-state index contributed by atoms with van der Waals surface area (Å²) in [5.41, 5.74) is 5.24. The predicted octanol–water partition coefficient (Wildman–Crippen LogP) is 3.90. The minimum atomic E-state index is -3.55. The molecule has 0 fully saturated rings. The average molecular weight is 423 g/mol. The summed E-state index contributed by atoms with van der Waals surface area (Å²) >= 11 is 5.88. The summed E-state index contributed by atoms with van der Waals surface area (Å²) in [6.07, 6.45) is 1.10. The molecule has 152 valence electrons. The van der Waals surface area contributed by atoms with Gasteiger partial charge in [0.25, 0.3) is 0 Å². The average Bonchev–Trinajstić information content (AvgIpc) is 2.58. The SMILES string of the molecule is Cc1cc(C)c([C@H](C)NC(=O)CN(Cc2ccc(Cl)cc2)S(C)(=O)=O)cc1C. The third kappa shape index (κ3) is 6.06. The molecule has 0 unspecified atom stereocenters. The zero-order valence-electron chi connectivity index (χ0n) is 16.9. The summed E-state index contributed by atoms with van der Waals surface area (Å²) in [5, 5.41) is 3.49.